The van der Waals surface area contributed by atoms with Crippen molar-refractivity contribution in [1.29, 1.82) is 0 Å². The topological polar surface area (TPSA) is 78.9 Å². The summed E-state index contributed by atoms with van der Waals surface area (Å²) in [5.41, 5.74) is 0. The first kappa shape index (κ1) is 47.4. The minimum Gasteiger partial charge on any atom is -0.462 e. The lowest BCUT2D eigenvalue weighted by Gasteiger charge is -2.18. The zero-order valence-electron chi connectivity index (χ0n) is 33.3. The fraction of sp³-hybridized carbons (Fsp3) is 0.930. The second-order valence-electron chi connectivity index (χ2n) is 15.6. The molecule has 0 N–H and O–H groups in total. The van der Waals surface area contributed by atoms with Crippen LogP contribution in [0.4, 0.5) is 0 Å². The van der Waals surface area contributed by atoms with Crippen molar-refractivity contribution < 1.29 is 28.6 Å². The lowest BCUT2D eigenvalue weighted by molar-refractivity contribution is -0.167. The molecule has 0 bridgehead atoms. The molecule has 6 heteroatoms. The predicted octanol–water partition coefficient (Wildman–Crippen LogP) is 13.0. The van der Waals surface area contributed by atoms with Crippen LogP contribution in [0.25, 0.3) is 0 Å². The van der Waals surface area contributed by atoms with Crippen LogP contribution in [0.2, 0.25) is 0 Å². The van der Waals surface area contributed by atoms with E-state index >= 15 is 0 Å². The fourth-order valence-corrected chi connectivity index (χ4v) is 6.22. The number of rotatable bonds is 37. The summed E-state index contributed by atoms with van der Waals surface area (Å²) in [6.07, 6.45) is 32.5. The Morgan fingerprint density at radius 3 is 1.00 bits per heavy atom. The van der Waals surface area contributed by atoms with Crippen LogP contribution in [0.5, 0.6) is 0 Å². The Bertz CT molecular complexity index is 749. The van der Waals surface area contributed by atoms with E-state index in [1.807, 2.05) is 0 Å². The van der Waals surface area contributed by atoms with Gasteiger partial charge in [-0.2, -0.15) is 0 Å². The summed E-state index contributed by atoms with van der Waals surface area (Å²) in [5.74, 6) is 0.688. The van der Waals surface area contributed by atoms with Crippen molar-refractivity contribution in [2.75, 3.05) is 13.2 Å². The molecule has 0 aliphatic carbocycles. The molecule has 0 aromatic carbocycles. The Morgan fingerprint density at radius 1 is 0.388 bits per heavy atom. The highest BCUT2D eigenvalue weighted by atomic mass is 16.6. The smallest absolute Gasteiger partial charge is 0.306 e. The quantitative estimate of drug-likeness (QED) is 0.0366. The largest absolute Gasteiger partial charge is 0.462 e. The van der Waals surface area contributed by atoms with Crippen molar-refractivity contribution in [2.24, 2.45) is 11.8 Å². The van der Waals surface area contributed by atoms with Crippen LogP contribution in [-0.4, -0.2) is 37.2 Å². The minimum atomic E-state index is -0.760. The van der Waals surface area contributed by atoms with Crippen molar-refractivity contribution in [3.8, 4) is 0 Å². The fourth-order valence-electron chi connectivity index (χ4n) is 6.22. The minimum absolute atomic E-state index is 0.0664. The zero-order valence-corrected chi connectivity index (χ0v) is 33.3. The number of hydrogen-bond donors (Lipinski definition) is 0. The molecule has 0 aliphatic rings. The molecule has 6 nitrogen and oxygen atoms in total. The maximum Gasteiger partial charge on any atom is 0.306 e. The molecule has 0 unspecified atom stereocenters. The van der Waals surface area contributed by atoms with E-state index in [1.165, 1.54) is 116 Å². The number of unbranched alkanes of at least 4 members (excludes halogenated alkanes) is 22. The van der Waals surface area contributed by atoms with E-state index in [0.29, 0.717) is 19.3 Å². The van der Waals surface area contributed by atoms with Gasteiger partial charge in [0.2, 0.25) is 0 Å². The summed E-state index contributed by atoms with van der Waals surface area (Å²) in [4.78, 5) is 37.5. The molecule has 0 radical (unpaired) electrons. The standard InChI is InChI=1S/C43H82O6/c1-6-7-8-9-10-11-12-13-17-23-28-33-41(44)47-36-40(37-48-42(45)34-29-24-20-19-22-27-32-39(4)5)49-43(46)35-30-25-18-15-14-16-21-26-31-38(2)3/h38-40H,6-37H2,1-5H3/t40-/m0/s1. The molecule has 49 heavy (non-hydrogen) atoms. The van der Waals surface area contributed by atoms with E-state index in [9.17, 15) is 14.4 Å². The molecule has 0 amide bonds. The third-order valence-electron chi connectivity index (χ3n) is 9.47. The Kier molecular flexibility index (Phi) is 35.0. The maximum atomic E-state index is 12.6. The molecule has 0 aromatic heterocycles. The summed E-state index contributed by atoms with van der Waals surface area (Å²) >= 11 is 0. The normalized spacial score (nSPS) is 12.1. The van der Waals surface area contributed by atoms with Gasteiger partial charge in [-0.05, 0) is 31.1 Å². The van der Waals surface area contributed by atoms with Crippen LogP contribution in [0.15, 0.2) is 0 Å². The van der Waals surface area contributed by atoms with Gasteiger partial charge >= 0.3 is 17.9 Å². The second kappa shape index (κ2) is 36.2. The summed E-state index contributed by atoms with van der Waals surface area (Å²) in [7, 11) is 0. The van der Waals surface area contributed by atoms with Crippen molar-refractivity contribution in [1.82, 2.24) is 0 Å². The predicted molar refractivity (Wildman–Crippen MR) is 206 cm³/mol. The third kappa shape index (κ3) is 37.5. The van der Waals surface area contributed by atoms with Crippen molar-refractivity contribution in [2.45, 2.75) is 233 Å². The third-order valence-corrected chi connectivity index (χ3v) is 9.47. The maximum absolute atomic E-state index is 12.6. The lowest BCUT2D eigenvalue weighted by atomic mass is 10.0. The number of carbonyl (C=O) groups is 3. The highest BCUT2D eigenvalue weighted by Crippen LogP contribution is 2.16. The van der Waals surface area contributed by atoms with E-state index in [4.69, 9.17) is 14.2 Å². The van der Waals surface area contributed by atoms with Crippen LogP contribution < -0.4 is 0 Å². The molecule has 0 heterocycles. The number of esters is 3. The molecule has 0 fully saturated rings. The van der Waals surface area contributed by atoms with Crippen molar-refractivity contribution in [3.05, 3.63) is 0 Å². The highest BCUT2D eigenvalue weighted by Gasteiger charge is 2.19. The van der Waals surface area contributed by atoms with Crippen LogP contribution in [-0.2, 0) is 28.6 Å². The van der Waals surface area contributed by atoms with Gasteiger partial charge in [0.25, 0.3) is 0 Å². The summed E-state index contributed by atoms with van der Waals surface area (Å²) < 4.78 is 16.6. The van der Waals surface area contributed by atoms with Crippen LogP contribution in [0.1, 0.15) is 227 Å². The summed E-state index contributed by atoms with van der Waals surface area (Å²) in [6.45, 7) is 11.2. The summed E-state index contributed by atoms with van der Waals surface area (Å²) in [5, 5.41) is 0. The summed E-state index contributed by atoms with van der Waals surface area (Å²) in [6, 6.07) is 0. The first-order chi connectivity index (χ1) is 23.7. The molecule has 0 saturated carbocycles. The van der Waals surface area contributed by atoms with Gasteiger partial charge in [0, 0.05) is 19.3 Å². The van der Waals surface area contributed by atoms with Gasteiger partial charge < -0.3 is 14.2 Å². The van der Waals surface area contributed by atoms with Gasteiger partial charge in [0.1, 0.15) is 13.2 Å². The van der Waals surface area contributed by atoms with E-state index in [2.05, 4.69) is 34.6 Å². The first-order valence-electron chi connectivity index (χ1n) is 21.2. The average molecular weight is 695 g/mol. The Hall–Kier alpha value is -1.59. The molecule has 0 aromatic rings. The first-order valence-corrected chi connectivity index (χ1v) is 21.2. The molecule has 0 rings (SSSR count). The van der Waals surface area contributed by atoms with Gasteiger partial charge in [0.05, 0.1) is 0 Å². The van der Waals surface area contributed by atoms with Crippen LogP contribution in [0.3, 0.4) is 0 Å². The monoisotopic (exact) mass is 695 g/mol. The number of carbonyl (C=O) groups excluding carboxylic acids is 3. The van der Waals surface area contributed by atoms with Crippen LogP contribution in [0, 0.1) is 11.8 Å². The molecule has 0 aliphatic heterocycles. The molecule has 1 atom stereocenters. The Balaban J connectivity index is 4.35. The van der Waals surface area contributed by atoms with Gasteiger partial charge in [0.15, 0.2) is 6.10 Å². The molecular formula is C43H82O6. The van der Waals surface area contributed by atoms with E-state index < -0.39 is 6.10 Å². The van der Waals surface area contributed by atoms with Gasteiger partial charge in [-0.25, -0.2) is 0 Å². The van der Waals surface area contributed by atoms with Gasteiger partial charge in [-0.1, -0.05) is 189 Å². The lowest BCUT2D eigenvalue weighted by Crippen LogP contribution is -2.30. The van der Waals surface area contributed by atoms with E-state index in [1.54, 1.807) is 0 Å². The molecular weight excluding hydrogens is 612 g/mol. The average Bonchev–Trinajstić information content (AvgIpc) is 3.06. The molecule has 290 valence electrons. The van der Waals surface area contributed by atoms with Crippen molar-refractivity contribution in [3.63, 3.8) is 0 Å². The number of hydrogen-bond acceptors (Lipinski definition) is 6. The Morgan fingerprint density at radius 2 is 0.673 bits per heavy atom. The molecule has 0 spiro atoms. The molecule has 0 saturated heterocycles. The highest BCUT2D eigenvalue weighted by molar-refractivity contribution is 5.71. The van der Waals surface area contributed by atoms with Gasteiger partial charge in [-0.3, -0.25) is 14.4 Å². The van der Waals surface area contributed by atoms with Crippen molar-refractivity contribution >= 4 is 17.9 Å². The van der Waals surface area contributed by atoms with E-state index in [-0.39, 0.29) is 31.1 Å². The number of ether oxygens (including phenoxy) is 3. The van der Waals surface area contributed by atoms with Gasteiger partial charge in [-0.15, -0.1) is 0 Å². The second-order valence-corrected chi connectivity index (χ2v) is 15.6. The Labute approximate surface area is 304 Å². The van der Waals surface area contributed by atoms with Crippen LogP contribution >= 0.6 is 0 Å². The SMILES string of the molecule is CCCCCCCCCCCCCC(=O)OC[C@@H](COC(=O)CCCCCCCCC(C)C)OC(=O)CCCCCCCCCCC(C)C. The van der Waals surface area contributed by atoms with E-state index in [0.717, 1.165) is 69.6 Å². The zero-order chi connectivity index (χ0) is 36.2.